The largest absolute Gasteiger partial charge is 0.0845 e. The standard InChI is InChI=1S/C10H17/c1-4-7-9-10(6-3)8-5-2/h7,9H,4-6H2,1-3H3/b9-7+,10-8?. The quantitative estimate of drug-likeness (QED) is 0.520. The molecule has 0 fully saturated rings. The summed E-state index contributed by atoms with van der Waals surface area (Å²) in [6, 6.07) is 0. The highest BCUT2D eigenvalue weighted by Crippen LogP contribution is 2.03. The number of rotatable bonds is 4. The molecule has 0 aromatic heterocycles. The molecule has 0 N–H and O–H groups in total. The van der Waals surface area contributed by atoms with Gasteiger partial charge in [0, 0.05) is 0 Å². The summed E-state index contributed by atoms with van der Waals surface area (Å²) < 4.78 is 0. The Hall–Kier alpha value is -0.520. The monoisotopic (exact) mass is 137 g/mol. The fraction of sp³-hybridized carbons (Fsp3) is 0.600. The van der Waals surface area contributed by atoms with Crippen LogP contribution in [0.15, 0.2) is 17.7 Å². The Balaban J connectivity index is 3.82. The molecule has 0 amide bonds. The van der Waals surface area contributed by atoms with Crippen molar-refractivity contribution in [2.75, 3.05) is 0 Å². The first kappa shape index (κ1) is 9.48. The van der Waals surface area contributed by atoms with Gasteiger partial charge in [-0.15, -0.1) is 0 Å². The van der Waals surface area contributed by atoms with E-state index in [1.54, 1.807) is 0 Å². The van der Waals surface area contributed by atoms with E-state index in [1.807, 2.05) is 0 Å². The number of hydrogen-bond donors (Lipinski definition) is 0. The van der Waals surface area contributed by atoms with Crippen LogP contribution >= 0.6 is 0 Å². The zero-order valence-corrected chi connectivity index (χ0v) is 7.28. The molecular weight excluding hydrogens is 120 g/mol. The lowest BCUT2D eigenvalue weighted by molar-refractivity contribution is 1.07. The number of allylic oxidation sites excluding steroid dienone is 4. The van der Waals surface area contributed by atoms with Crippen molar-refractivity contribution < 1.29 is 0 Å². The normalized spacial score (nSPS) is 12.9. The van der Waals surface area contributed by atoms with Crippen molar-refractivity contribution in [1.29, 1.82) is 0 Å². The molecule has 0 spiro atoms. The van der Waals surface area contributed by atoms with E-state index in [9.17, 15) is 0 Å². The van der Waals surface area contributed by atoms with Crippen molar-refractivity contribution >= 4 is 0 Å². The lowest BCUT2D eigenvalue weighted by atomic mass is 10.1. The van der Waals surface area contributed by atoms with Crippen LogP contribution in [-0.2, 0) is 0 Å². The molecule has 1 radical (unpaired) electrons. The highest BCUT2D eigenvalue weighted by atomic mass is 13.9. The van der Waals surface area contributed by atoms with Gasteiger partial charge >= 0.3 is 0 Å². The second-order valence-electron chi connectivity index (χ2n) is 2.22. The SMILES string of the molecule is CC/[C]=C(\C=C\CC)CC. The Kier molecular flexibility index (Phi) is 6.25. The summed E-state index contributed by atoms with van der Waals surface area (Å²) in [5, 5.41) is 0. The Morgan fingerprint density at radius 3 is 2.40 bits per heavy atom. The van der Waals surface area contributed by atoms with Gasteiger partial charge in [-0.3, -0.25) is 0 Å². The van der Waals surface area contributed by atoms with Crippen LogP contribution in [0.2, 0.25) is 0 Å². The van der Waals surface area contributed by atoms with Gasteiger partial charge in [0.05, 0.1) is 0 Å². The van der Waals surface area contributed by atoms with Crippen LogP contribution in [0.25, 0.3) is 0 Å². The highest BCUT2D eigenvalue weighted by molar-refractivity contribution is 5.14. The first-order valence-electron chi connectivity index (χ1n) is 4.11. The van der Waals surface area contributed by atoms with E-state index in [4.69, 9.17) is 0 Å². The van der Waals surface area contributed by atoms with Gasteiger partial charge in [0.25, 0.3) is 0 Å². The molecule has 0 aromatic rings. The maximum atomic E-state index is 3.30. The smallest absolute Gasteiger partial charge is 0.0302 e. The summed E-state index contributed by atoms with van der Waals surface area (Å²) in [5.41, 5.74) is 1.34. The second-order valence-corrected chi connectivity index (χ2v) is 2.22. The Labute approximate surface area is 64.6 Å². The van der Waals surface area contributed by atoms with Gasteiger partial charge in [-0.1, -0.05) is 32.9 Å². The van der Waals surface area contributed by atoms with Crippen LogP contribution in [0.4, 0.5) is 0 Å². The third kappa shape index (κ3) is 4.37. The van der Waals surface area contributed by atoms with E-state index in [0.717, 1.165) is 19.3 Å². The van der Waals surface area contributed by atoms with Crippen LogP contribution in [0.1, 0.15) is 40.0 Å². The van der Waals surface area contributed by atoms with Gasteiger partial charge in [-0.2, -0.15) is 0 Å². The highest BCUT2D eigenvalue weighted by Gasteiger charge is 1.84. The number of hydrogen-bond acceptors (Lipinski definition) is 0. The van der Waals surface area contributed by atoms with Crippen molar-refractivity contribution in [1.82, 2.24) is 0 Å². The molecule has 0 aliphatic heterocycles. The van der Waals surface area contributed by atoms with Crippen molar-refractivity contribution in [2.24, 2.45) is 0 Å². The van der Waals surface area contributed by atoms with E-state index in [1.165, 1.54) is 5.57 Å². The van der Waals surface area contributed by atoms with E-state index in [0.29, 0.717) is 0 Å². The molecule has 0 saturated carbocycles. The predicted octanol–water partition coefficient (Wildman–Crippen LogP) is 3.50. The predicted molar refractivity (Wildman–Crippen MR) is 46.8 cm³/mol. The van der Waals surface area contributed by atoms with E-state index in [-0.39, 0.29) is 0 Å². The van der Waals surface area contributed by atoms with Crippen molar-refractivity contribution in [3.63, 3.8) is 0 Å². The Morgan fingerprint density at radius 1 is 1.30 bits per heavy atom. The molecule has 0 atom stereocenters. The fourth-order valence-corrected chi connectivity index (χ4v) is 0.789. The lowest BCUT2D eigenvalue weighted by Crippen LogP contribution is -1.74. The van der Waals surface area contributed by atoms with Crippen LogP contribution in [0.5, 0.6) is 0 Å². The summed E-state index contributed by atoms with van der Waals surface area (Å²) in [6.07, 6.45) is 10.9. The summed E-state index contributed by atoms with van der Waals surface area (Å²) in [5.74, 6) is 0. The summed E-state index contributed by atoms with van der Waals surface area (Å²) in [6.45, 7) is 6.43. The molecule has 0 heterocycles. The molecule has 0 bridgehead atoms. The van der Waals surface area contributed by atoms with Crippen molar-refractivity contribution in [3.05, 3.63) is 23.8 Å². The zero-order chi connectivity index (χ0) is 7.82. The minimum Gasteiger partial charge on any atom is -0.0845 e. The van der Waals surface area contributed by atoms with Crippen molar-refractivity contribution in [3.8, 4) is 0 Å². The van der Waals surface area contributed by atoms with Crippen LogP contribution < -0.4 is 0 Å². The van der Waals surface area contributed by atoms with Gasteiger partial charge in [0.2, 0.25) is 0 Å². The molecule has 0 unspecified atom stereocenters. The summed E-state index contributed by atoms with van der Waals surface area (Å²) in [7, 11) is 0. The first-order valence-corrected chi connectivity index (χ1v) is 4.11. The van der Waals surface area contributed by atoms with Crippen LogP contribution in [-0.4, -0.2) is 0 Å². The Bertz CT molecular complexity index is 118. The molecule has 0 rings (SSSR count). The van der Waals surface area contributed by atoms with Gasteiger partial charge < -0.3 is 0 Å². The minimum atomic E-state index is 1.03. The first-order chi connectivity index (χ1) is 4.85. The van der Waals surface area contributed by atoms with Crippen LogP contribution in [0, 0.1) is 6.08 Å². The molecule has 0 saturated heterocycles. The molecule has 0 aromatic carbocycles. The minimum absolute atomic E-state index is 1.03. The van der Waals surface area contributed by atoms with Crippen molar-refractivity contribution in [2.45, 2.75) is 40.0 Å². The van der Waals surface area contributed by atoms with Gasteiger partial charge in [0.1, 0.15) is 0 Å². The average molecular weight is 137 g/mol. The van der Waals surface area contributed by atoms with E-state index < -0.39 is 0 Å². The molecule has 0 aliphatic carbocycles. The van der Waals surface area contributed by atoms with E-state index >= 15 is 0 Å². The maximum Gasteiger partial charge on any atom is -0.0302 e. The maximum absolute atomic E-state index is 3.30. The van der Waals surface area contributed by atoms with Crippen LogP contribution in [0.3, 0.4) is 0 Å². The fourth-order valence-electron chi connectivity index (χ4n) is 0.789. The Morgan fingerprint density at radius 2 is 2.00 bits per heavy atom. The van der Waals surface area contributed by atoms with Gasteiger partial charge in [0.15, 0.2) is 0 Å². The second kappa shape index (κ2) is 6.60. The third-order valence-corrected chi connectivity index (χ3v) is 1.34. The average Bonchev–Trinajstić information content (AvgIpc) is 1.98. The zero-order valence-electron chi connectivity index (χ0n) is 7.28. The molecule has 0 nitrogen and oxygen atoms in total. The lowest BCUT2D eigenvalue weighted by Gasteiger charge is -1.92. The van der Waals surface area contributed by atoms with Gasteiger partial charge in [-0.05, 0) is 30.9 Å². The topological polar surface area (TPSA) is 0 Å². The molecule has 0 heteroatoms. The summed E-state index contributed by atoms with van der Waals surface area (Å²) >= 11 is 0. The van der Waals surface area contributed by atoms with Gasteiger partial charge in [-0.25, -0.2) is 0 Å². The molecule has 0 aliphatic rings. The molecular formula is C10H17. The van der Waals surface area contributed by atoms with E-state index in [2.05, 4.69) is 39.0 Å². The molecule has 57 valence electrons. The summed E-state index contributed by atoms with van der Waals surface area (Å²) in [4.78, 5) is 0. The molecule has 10 heavy (non-hydrogen) atoms. The third-order valence-electron chi connectivity index (χ3n) is 1.34.